The maximum Gasteiger partial charge on any atom is 0.419 e. The van der Waals surface area contributed by atoms with Crippen molar-refractivity contribution in [3.63, 3.8) is 0 Å². The summed E-state index contributed by atoms with van der Waals surface area (Å²) in [5, 5.41) is 49.2. The minimum absolute atomic E-state index is 0.0329. The number of aromatic nitrogens is 2. The predicted molar refractivity (Wildman–Crippen MR) is 182 cm³/mol. The molecule has 3 aliphatic rings. The number of ether oxygens (including phenoxy) is 4. The highest BCUT2D eigenvalue weighted by atomic mass is 16.6. The summed E-state index contributed by atoms with van der Waals surface area (Å²) in [5.74, 6) is -4.39. The van der Waals surface area contributed by atoms with Gasteiger partial charge in [-0.3, -0.25) is 14.4 Å². The van der Waals surface area contributed by atoms with E-state index in [9.17, 15) is 44.4 Å². The summed E-state index contributed by atoms with van der Waals surface area (Å²) in [4.78, 5) is 70.4. The van der Waals surface area contributed by atoms with E-state index in [2.05, 4.69) is 10.3 Å². The fourth-order valence-corrected chi connectivity index (χ4v) is 7.37. The Morgan fingerprint density at radius 3 is 2.43 bits per heavy atom. The first-order chi connectivity index (χ1) is 24.9. The van der Waals surface area contributed by atoms with Gasteiger partial charge in [0.1, 0.15) is 34.8 Å². The van der Waals surface area contributed by atoms with Crippen molar-refractivity contribution in [2.75, 3.05) is 13.7 Å². The van der Waals surface area contributed by atoms with E-state index in [-0.39, 0.29) is 40.8 Å². The van der Waals surface area contributed by atoms with Crippen molar-refractivity contribution in [2.24, 2.45) is 5.92 Å². The first kappa shape index (κ1) is 37.4. The molecule has 16 heteroatoms. The van der Waals surface area contributed by atoms with Crippen molar-refractivity contribution in [3.8, 4) is 17.2 Å². The summed E-state index contributed by atoms with van der Waals surface area (Å²) in [7, 11) is 1.31. The lowest BCUT2D eigenvalue weighted by molar-refractivity contribution is -0.151. The van der Waals surface area contributed by atoms with Crippen LogP contribution >= 0.6 is 0 Å². The number of methoxy groups -OCH3 is 1. The molecule has 53 heavy (non-hydrogen) atoms. The molecule has 1 amide bonds. The van der Waals surface area contributed by atoms with Crippen LogP contribution in [0.3, 0.4) is 0 Å². The number of benzene rings is 2. The number of aliphatic hydroxyl groups excluding tert-OH is 1. The number of phenolic OH excluding ortho intramolecular Hbond substituents is 2. The van der Waals surface area contributed by atoms with Gasteiger partial charge in [0, 0.05) is 41.9 Å². The van der Waals surface area contributed by atoms with E-state index in [0.717, 1.165) is 10.9 Å². The molecule has 0 aliphatic heterocycles. The average Bonchev–Trinajstić information content (AvgIpc) is 3.64. The van der Waals surface area contributed by atoms with E-state index in [0.29, 0.717) is 0 Å². The number of carbonyl (C=O) groups excluding carboxylic acids is 5. The molecule has 0 saturated heterocycles. The molecule has 0 bridgehead atoms. The molecule has 5 N–H and O–H groups in total. The zero-order valence-corrected chi connectivity index (χ0v) is 29.7. The molecule has 282 valence electrons. The molecule has 2 aromatic carbocycles. The zero-order valence-electron chi connectivity index (χ0n) is 29.7. The quantitative estimate of drug-likeness (QED) is 0.172. The molecule has 6 atom stereocenters. The van der Waals surface area contributed by atoms with E-state index in [1.54, 1.807) is 27.7 Å². The van der Waals surface area contributed by atoms with Crippen LogP contribution in [0.5, 0.6) is 17.2 Å². The molecule has 0 spiro atoms. The molecule has 16 nitrogen and oxygen atoms in total. The second-order valence-electron chi connectivity index (χ2n) is 14.7. The number of aliphatic hydroxyl groups is 2. The monoisotopic (exact) mass is 735 g/mol. The number of nitrogens with one attached hydrogen (secondary N) is 1. The van der Waals surface area contributed by atoms with Crippen LogP contribution in [-0.2, 0) is 25.4 Å². The Hall–Kier alpha value is -5.32. The summed E-state index contributed by atoms with van der Waals surface area (Å²) in [6.07, 6.45) is -2.03. The first-order valence-electron chi connectivity index (χ1n) is 17.0. The minimum Gasteiger partial charge on any atom is -0.507 e. The Kier molecular flexibility index (Phi) is 9.83. The first-order valence-corrected chi connectivity index (χ1v) is 17.0. The number of fused-ring (bicyclic) bond motifs is 3. The summed E-state index contributed by atoms with van der Waals surface area (Å²) < 4.78 is 23.3. The van der Waals surface area contributed by atoms with Gasteiger partial charge in [-0.2, -0.15) is 0 Å². The second kappa shape index (κ2) is 13.9. The Morgan fingerprint density at radius 2 is 1.77 bits per heavy atom. The molecular weight excluding hydrogens is 694 g/mol. The summed E-state index contributed by atoms with van der Waals surface area (Å²) >= 11 is 0. The van der Waals surface area contributed by atoms with Crippen molar-refractivity contribution in [1.82, 2.24) is 14.9 Å². The van der Waals surface area contributed by atoms with Crippen molar-refractivity contribution in [1.29, 1.82) is 0 Å². The van der Waals surface area contributed by atoms with E-state index in [1.807, 2.05) is 0 Å². The third kappa shape index (κ3) is 6.96. The second-order valence-corrected chi connectivity index (χ2v) is 14.7. The summed E-state index contributed by atoms with van der Waals surface area (Å²) in [6, 6.07) is 3.49. The van der Waals surface area contributed by atoms with E-state index in [1.165, 1.54) is 37.7 Å². The Balaban J connectivity index is 1.39. The van der Waals surface area contributed by atoms with Crippen LogP contribution in [0.4, 0.5) is 9.59 Å². The van der Waals surface area contributed by atoms with Gasteiger partial charge in [-0.15, -0.1) is 0 Å². The lowest BCUT2D eigenvalue weighted by Gasteiger charge is -2.43. The standard InChI is InChI=1S/C37H41N3O13/c1-17-11-18(12-21(29(17)42)39-34(47)53-36(2,3)4)52-23-14-37(49,24(41)15-51-35(48)40-10-9-38-16-40)13-20-26(23)33(46)28-27(31(20)44)30(43)19-7-6-8-22(50-5)25(19)32(28)45/h6-10,16-18,21,23,29,42,44,46,49H,11-15H2,1-5H3,(H,39,47)/t17-,18?,21+,23?,29-,37+/m1/s1. The smallest absolute Gasteiger partial charge is 0.419 e. The van der Waals surface area contributed by atoms with Crippen LogP contribution in [-0.4, -0.2) is 103 Å². The third-order valence-electron chi connectivity index (χ3n) is 9.84. The molecule has 3 aromatic rings. The fourth-order valence-electron chi connectivity index (χ4n) is 7.37. The zero-order chi connectivity index (χ0) is 38.6. The van der Waals surface area contributed by atoms with E-state index in [4.69, 9.17) is 18.9 Å². The predicted octanol–water partition coefficient (Wildman–Crippen LogP) is 3.12. The number of rotatable bonds is 7. The van der Waals surface area contributed by atoms with Gasteiger partial charge in [0.05, 0.1) is 48.2 Å². The van der Waals surface area contributed by atoms with Crippen molar-refractivity contribution in [2.45, 2.75) is 88.9 Å². The van der Waals surface area contributed by atoms with Gasteiger partial charge in [0.15, 0.2) is 12.4 Å². The van der Waals surface area contributed by atoms with Crippen molar-refractivity contribution >= 4 is 29.5 Å². The van der Waals surface area contributed by atoms with Gasteiger partial charge in [0.2, 0.25) is 11.6 Å². The molecule has 1 fully saturated rings. The van der Waals surface area contributed by atoms with Gasteiger partial charge in [-0.05, 0) is 45.6 Å². The molecule has 2 unspecified atom stereocenters. The summed E-state index contributed by atoms with van der Waals surface area (Å²) in [6.45, 7) is 5.91. The van der Waals surface area contributed by atoms with Crippen LogP contribution < -0.4 is 10.1 Å². The maximum absolute atomic E-state index is 14.0. The minimum atomic E-state index is -2.37. The lowest BCUT2D eigenvalue weighted by atomic mass is 9.71. The topological polar surface area (TPSA) is 233 Å². The number of imidazole rings is 1. The van der Waals surface area contributed by atoms with Gasteiger partial charge < -0.3 is 44.7 Å². The maximum atomic E-state index is 14.0. The number of nitrogens with zero attached hydrogens (tertiary/aromatic N) is 2. The molecular formula is C37H41N3O13. The number of hydrogen-bond acceptors (Lipinski definition) is 14. The normalized spacial score (nSPS) is 25.1. The molecule has 1 saturated carbocycles. The fraction of sp³-hybridized carbons (Fsp3) is 0.459. The van der Waals surface area contributed by atoms with Crippen molar-refractivity contribution < 1.29 is 63.3 Å². The largest absolute Gasteiger partial charge is 0.507 e. The highest BCUT2D eigenvalue weighted by Crippen LogP contribution is 2.52. The molecule has 0 radical (unpaired) electrons. The highest BCUT2D eigenvalue weighted by Gasteiger charge is 2.50. The van der Waals surface area contributed by atoms with Crippen molar-refractivity contribution in [3.05, 3.63) is 70.3 Å². The number of hydrogen-bond donors (Lipinski definition) is 5. The highest BCUT2D eigenvalue weighted by molar-refractivity contribution is 6.31. The van der Waals surface area contributed by atoms with Crippen LogP contribution in [0.25, 0.3) is 0 Å². The SMILES string of the molecule is COc1cccc2c1C(=O)c1c(O)c3c(c(O)c1C2=O)C[C@@](O)(C(=O)COC(=O)n1ccnc1)CC3OC1C[C@@H](C)[C@@H](O)[C@@H](NC(=O)OC(C)(C)C)C1. The van der Waals surface area contributed by atoms with Crippen LogP contribution in [0.2, 0.25) is 0 Å². The van der Waals surface area contributed by atoms with Gasteiger partial charge >= 0.3 is 12.2 Å². The molecule has 1 heterocycles. The number of aromatic hydroxyl groups is 2. The molecule has 6 rings (SSSR count). The number of carbonyl (C=O) groups is 5. The number of Topliss-reactive ketones (excluding diaryl/α,β-unsaturated/α-hetero) is 1. The Bertz CT molecular complexity index is 1990. The Labute approximate surface area is 303 Å². The van der Waals surface area contributed by atoms with Crippen LogP contribution in [0.15, 0.2) is 36.9 Å². The summed E-state index contributed by atoms with van der Waals surface area (Å²) in [5.41, 5.74) is -4.78. The van der Waals surface area contributed by atoms with Crippen LogP contribution in [0.1, 0.15) is 96.0 Å². The van der Waals surface area contributed by atoms with Gasteiger partial charge in [0.25, 0.3) is 0 Å². The van der Waals surface area contributed by atoms with E-state index < -0.39 is 113 Å². The number of ketones is 3. The average molecular weight is 736 g/mol. The number of phenols is 2. The van der Waals surface area contributed by atoms with Gasteiger partial charge in [-0.25, -0.2) is 19.1 Å². The van der Waals surface area contributed by atoms with E-state index >= 15 is 0 Å². The number of amides is 1. The number of alkyl carbamates (subject to hydrolysis) is 1. The lowest BCUT2D eigenvalue weighted by Crippen LogP contribution is -2.53. The van der Waals surface area contributed by atoms with Gasteiger partial charge in [-0.1, -0.05) is 19.1 Å². The Morgan fingerprint density at radius 1 is 1.06 bits per heavy atom. The third-order valence-corrected chi connectivity index (χ3v) is 9.84. The molecule has 1 aromatic heterocycles. The molecule has 3 aliphatic carbocycles. The van der Waals surface area contributed by atoms with Crippen LogP contribution in [0, 0.1) is 5.92 Å².